The Morgan fingerprint density at radius 2 is 2.26 bits per heavy atom. The predicted molar refractivity (Wildman–Crippen MR) is 83.1 cm³/mol. The highest BCUT2D eigenvalue weighted by Gasteiger charge is 2.34. The normalized spacial score (nSPS) is 24.2. The zero-order chi connectivity index (χ0) is 13.7. The van der Waals surface area contributed by atoms with E-state index in [1.165, 1.54) is 0 Å². The third kappa shape index (κ3) is 3.78. The van der Waals surface area contributed by atoms with E-state index in [-0.39, 0.29) is 0 Å². The van der Waals surface area contributed by atoms with E-state index >= 15 is 0 Å². The van der Waals surface area contributed by atoms with Crippen LogP contribution in [0.1, 0.15) is 12.0 Å². The standard InChI is InChI=1S/C13H18Cl2N2OS/c1-19-17-9-13(8-16-5-2-6-18-13)10-3-4-11(14)12(15)7-10/h3-4,7,16-17H,2,5-6,8-9H2,1H3. The predicted octanol–water partition coefficient (Wildman–Crippen LogP) is 3.07. The molecule has 1 aromatic rings. The van der Waals surface area contributed by atoms with Crippen LogP contribution in [0.2, 0.25) is 10.0 Å². The summed E-state index contributed by atoms with van der Waals surface area (Å²) in [5.41, 5.74) is 0.658. The molecule has 0 saturated carbocycles. The smallest absolute Gasteiger partial charge is 0.119 e. The summed E-state index contributed by atoms with van der Waals surface area (Å²) in [5.74, 6) is 0. The van der Waals surface area contributed by atoms with E-state index in [0.29, 0.717) is 10.0 Å². The van der Waals surface area contributed by atoms with Gasteiger partial charge in [0.25, 0.3) is 0 Å². The van der Waals surface area contributed by atoms with Gasteiger partial charge in [-0.15, -0.1) is 0 Å². The van der Waals surface area contributed by atoms with Crippen molar-refractivity contribution in [2.24, 2.45) is 0 Å². The van der Waals surface area contributed by atoms with Gasteiger partial charge < -0.3 is 10.1 Å². The minimum absolute atomic E-state index is 0.395. The Labute approximate surface area is 128 Å². The van der Waals surface area contributed by atoms with Gasteiger partial charge in [0.1, 0.15) is 5.60 Å². The Morgan fingerprint density at radius 3 is 3.00 bits per heavy atom. The average molecular weight is 321 g/mol. The van der Waals surface area contributed by atoms with Crippen LogP contribution in [0.3, 0.4) is 0 Å². The quantitative estimate of drug-likeness (QED) is 0.835. The van der Waals surface area contributed by atoms with E-state index < -0.39 is 5.60 Å². The monoisotopic (exact) mass is 320 g/mol. The molecule has 0 aliphatic carbocycles. The van der Waals surface area contributed by atoms with Crippen LogP contribution < -0.4 is 10.0 Å². The second-order valence-corrected chi connectivity index (χ2v) is 6.04. The topological polar surface area (TPSA) is 33.3 Å². The van der Waals surface area contributed by atoms with Crippen molar-refractivity contribution in [1.29, 1.82) is 0 Å². The Balaban J connectivity index is 2.31. The second kappa shape index (κ2) is 7.16. The maximum Gasteiger partial charge on any atom is 0.119 e. The summed E-state index contributed by atoms with van der Waals surface area (Å²) in [4.78, 5) is 0. The summed E-state index contributed by atoms with van der Waals surface area (Å²) in [5, 5.41) is 4.56. The maximum absolute atomic E-state index is 6.14. The number of ether oxygens (including phenoxy) is 1. The molecule has 106 valence electrons. The molecule has 1 fully saturated rings. The number of hydrogen-bond acceptors (Lipinski definition) is 4. The van der Waals surface area contributed by atoms with Crippen LogP contribution in [0.4, 0.5) is 0 Å². The molecular weight excluding hydrogens is 303 g/mol. The van der Waals surface area contributed by atoms with E-state index in [9.17, 15) is 0 Å². The third-order valence-electron chi connectivity index (χ3n) is 3.23. The summed E-state index contributed by atoms with van der Waals surface area (Å²) in [6.07, 6.45) is 3.02. The van der Waals surface area contributed by atoms with Crippen molar-refractivity contribution in [3.63, 3.8) is 0 Å². The molecule has 0 radical (unpaired) electrons. The van der Waals surface area contributed by atoms with Crippen molar-refractivity contribution >= 4 is 35.1 Å². The molecule has 1 saturated heterocycles. The third-order valence-corrected chi connectivity index (χ3v) is 4.41. The van der Waals surface area contributed by atoms with Crippen LogP contribution in [-0.2, 0) is 10.3 Å². The van der Waals surface area contributed by atoms with Crippen LogP contribution >= 0.6 is 35.1 Å². The highest BCUT2D eigenvalue weighted by atomic mass is 35.5. The molecule has 3 nitrogen and oxygen atoms in total. The van der Waals surface area contributed by atoms with Crippen LogP contribution in [0.25, 0.3) is 0 Å². The molecule has 2 rings (SSSR count). The number of nitrogens with one attached hydrogen (secondary N) is 2. The van der Waals surface area contributed by atoms with Gasteiger partial charge in [0.2, 0.25) is 0 Å². The first kappa shape index (κ1) is 15.4. The molecule has 0 amide bonds. The van der Waals surface area contributed by atoms with Gasteiger partial charge in [0, 0.05) is 19.7 Å². The minimum atomic E-state index is -0.395. The SMILES string of the molecule is CSNCC1(c2ccc(Cl)c(Cl)c2)CNCCCO1. The maximum atomic E-state index is 6.14. The Hall–Kier alpha value is 0.0300. The fourth-order valence-electron chi connectivity index (χ4n) is 2.18. The van der Waals surface area contributed by atoms with Crippen molar-refractivity contribution < 1.29 is 4.74 Å². The lowest BCUT2D eigenvalue weighted by Gasteiger charge is -2.33. The number of hydrogen-bond donors (Lipinski definition) is 2. The minimum Gasteiger partial charge on any atom is -0.368 e. The summed E-state index contributed by atoms with van der Waals surface area (Å²) >= 11 is 13.7. The molecule has 1 aromatic carbocycles. The molecule has 1 atom stereocenters. The Bertz CT molecular complexity index is 423. The molecule has 0 bridgehead atoms. The summed E-state index contributed by atoms with van der Waals surface area (Å²) in [6.45, 7) is 3.20. The molecule has 19 heavy (non-hydrogen) atoms. The Kier molecular flexibility index (Phi) is 5.81. The van der Waals surface area contributed by atoms with Gasteiger partial charge >= 0.3 is 0 Å². The number of rotatable bonds is 4. The second-order valence-electron chi connectivity index (χ2n) is 4.53. The van der Waals surface area contributed by atoms with E-state index in [1.807, 2.05) is 24.5 Å². The van der Waals surface area contributed by atoms with Gasteiger partial charge in [-0.1, -0.05) is 41.2 Å². The molecule has 2 N–H and O–H groups in total. The number of halogens is 2. The van der Waals surface area contributed by atoms with Crippen molar-refractivity contribution in [3.05, 3.63) is 33.8 Å². The zero-order valence-corrected chi connectivity index (χ0v) is 13.2. The van der Waals surface area contributed by atoms with Crippen LogP contribution in [0, 0.1) is 0 Å². The van der Waals surface area contributed by atoms with E-state index in [2.05, 4.69) is 10.0 Å². The highest BCUT2D eigenvalue weighted by Crippen LogP contribution is 2.32. The largest absolute Gasteiger partial charge is 0.368 e. The van der Waals surface area contributed by atoms with Gasteiger partial charge in [-0.25, -0.2) is 0 Å². The summed E-state index contributed by atoms with van der Waals surface area (Å²) < 4.78 is 9.43. The molecule has 1 heterocycles. The van der Waals surface area contributed by atoms with Crippen LogP contribution in [0.15, 0.2) is 18.2 Å². The van der Waals surface area contributed by atoms with Crippen molar-refractivity contribution in [1.82, 2.24) is 10.0 Å². The van der Waals surface area contributed by atoms with E-state index in [4.69, 9.17) is 27.9 Å². The van der Waals surface area contributed by atoms with Gasteiger partial charge in [0.15, 0.2) is 0 Å². The average Bonchev–Trinajstić information content (AvgIpc) is 2.66. The summed E-state index contributed by atoms with van der Waals surface area (Å²) in [7, 11) is 0. The highest BCUT2D eigenvalue weighted by molar-refractivity contribution is 7.96. The lowest BCUT2D eigenvalue weighted by atomic mass is 9.93. The molecule has 6 heteroatoms. The van der Waals surface area contributed by atoms with Gasteiger partial charge in [-0.05, 0) is 36.9 Å². The first-order valence-electron chi connectivity index (χ1n) is 6.24. The van der Waals surface area contributed by atoms with Crippen LogP contribution in [-0.4, -0.2) is 32.5 Å². The molecule has 1 aliphatic heterocycles. The van der Waals surface area contributed by atoms with Gasteiger partial charge in [0.05, 0.1) is 10.0 Å². The fraction of sp³-hybridized carbons (Fsp3) is 0.538. The molecule has 0 aromatic heterocycles. The fourth-order valence-corrected chi connectivity index (χ4v) is 2.85. The van der Waals surface area contributed by atoms with Crippen molar-refractivity contribution in [2.75, 3.05) is 32.5 Å². The zero-order valence-electron chi connectivity index (χ0n) is 10.8. The summed E-state index contributed by atoms with van der Waals surface area (Å²) in [6, 6.07) is 5.72. The van der Waals surface area contributed by atoms with E-state index in [1.54, 1.807) is 11.9 Å². The van der Waals surface area contributed by atoms with Crippen molar-refractivity contribution in [2.45, 2.75) is 12.0 Å². The van der Waals surface area contributed by atoms with Crippen molar-refractivity contribution in [3.8, 4) is 0 Å². The van der Waals surface area contributed by atoms with Gasteiger partial charge in [-0.3, -0.25) is 4.72 Å². The molecule has 0 spiro atoms. The van der Waals surface area contributed by atoms with E-state index in [0.717, 1.165) is 38.2 Å². The lowest BCUT2D eigenvalue weighted by molar-refractivity contribution is -0.0330. The molecular formula is C13H18Cl2N2OS. The first-order valence-corrected chi connectivity index (χ1v) is 8.22. The Morgan fingerprint density at radius 1 is 1.42 bits per heavy atom. The van der Waals surface area contributed by atoms with Gasteiger partial charge in [-0.2, -0.15) is 0 Å². The molecule has 1 unspecified atom stereocenters. The van der Waals surface area contributed by atoms with Crippen LogP contribution in [0.5, 0.6) is 0 Å². The first-order chi connectivity index (χ1) is 9.18. The molecule has 1 aliphatic rings. The lowest BCUT2D eigenvalue weighted by Crippen LogP contribution is -2.45. The number of benzene rings is 1.